The van der Waals surface area contributed by atoms with Crippen LogP contribution >= 0.6 is 11.3 Å². The monoisotopic (exact) mass is 339 g/mol. The van der Waals surface area contributed by atoms with Gasteiger partial charge in [-0.3, -0.25) is 4.90 Å². The number of thiazole rings is 1. The first-order valence-electron chi connectivity index (χ1n) is 8.47. The smallest absolute Gasteiger partial charge is 0.281 e. The molecule has 0 atom stereocenters. The van der Waals surface area contributed by atoms with Crippen LogP contribution < -0.4 is 4.74 Å². The number of hydrogen-bond acceptors (Lipinski definition) is 5. The van der Waals surface area contributed by atoms with Crippen LogP contribution in [-0.4, -0.2) is 28.0 Å². The van der Waals surface area contributed by atoms with Gasteiger partial charge in [-0.1, -0.05) is 30.4 Å². The highest BCUT2D eigenvalue weighted by molar-refractivity contribution is 7.20. The standard InChI is InChI=1S/C19H21N3OS/c1-14-8-11-22(12-9-14)13-15-4-6-16(7-5-15)23-19-21-18-17(24-19)3-2-10-20-18/h2-7,10,14H,8-9,11-13H2,1H3. The molecule has 1 aromatic carbocycles. The Morgan fingerprint density at radius 1 is 1.17 bits per heavy atom. The van der Waals surface area contributed by atoms with Gasteiger partial charge in [-0.05, 0) is 61.7 Å². The third kappa shape index (κ3) is 3.57. The quantitative estimate of drug-likeness (QED) is 0.689. The van der Waals surface area contributed by atoms with Crippen molar-refractivity contribution < 1.29 is 4.74 Å². The fourth-order valence-corrected chi connectivity index (χ4v) is 3.83. The zero-order valence-corrected chi connectivity index (χ0v) is 14.6. The SMILES string of the molecule is CC1CCN(Cc2ccc(Oc3nc4ncccc4s3)cc2)CC1. The molecule has 1 saturated heterocycles. The van der Waals surface area contributed by atoms with Crippen LogP contribution in [0.4, 0.5) is 0 Å². The predicted molar refractivity (Wildman–Crippen MR) is 97.6 cm³/mol. The van der Waals surface area contributed by atoms with Crippen LogP contribution in [-0.2, 0) is 6.54 Å². The van der Waals surface area contributed by atoms with Crippen molar-refractivity contribution in [3.63, 3.8) is 0 Å². The van der Waals surface area contributed by atoms with E-state index < -0.39 is 0 Å². The van der Waals surface area contributed by atoms with Crippen LogP contribution in [0.15, 0.2) is 42.6 Å². The zero-order chi connectivity index (χ0) is 16.4. The van der Waals surface area contributed by atoms with E-state index in [9.17, 15) is 0 Å². The molecular formula is C19H21N3OS. The number of fused-ring (bicyclic) bond motifs is 1. The molecule has 0 aliphatic carbocycles. The maximum absolute atomic E-state index is 5.88. The van der Waals surface area contributed by atoms with Crippen molar-refractivity contribution in [3.8, 4) is 10.9 Å². The molecule has 1 fully saturated rings. The van der Waals surface area contributed by atoms with Gasteiger partial charge in [0, 0.05) is 12.7 Å². The van der Waals surface area contributed by atoms with Crippen molar-refractivity contribution >= 4 is 21.7 Å². The van der Waals surface area contributed by atoms with E-state index >= 15 is 0 Å². The van der Waals surface area contributed by atoms with Crippen LogP contribution in [0.5, 0.6) is 10.9 Å². The van der Waals surface area contributed by atoms with Crippen molar-refractivity contribution in [1.82, 2.24) is 14.9 Å². The predicted octanol–water partition coefficient (Wildman–Crippen LogP) is 4.72. The zero-order valence-electron chi connectivity index (χ0n) is 13.8. The summed E-state index contributed by atoms with van der Waals surface area (Å²) in [5.74, 6) is 1.70. The third-order valence-electron chi connectivity index (χ3n) is 4.56. The van der Waals surface area contributed by atoms with Gasteiger partial charge in [0.15, 0.2) is 5.65 Å². The van der Waals surface area contributed by atoms with Crippen LogP contribution in [0.2, 0.25) is 0 Å². The molecule has 3 heterocycles. The van der Waals surface area contributed by atoms with E-state index in [0.717, 1.165) is 28.6 Å². The van der Waals surface area contributed by atoms with Crippen molar-refractivity contribution in [1.29, 1.82) is 0 Å². The lowest BCUT2D eigenvalue weighted by atomic mass is 9.99. The Hall–Kier alpha value is -1.98. The highest BCUT2D eigenvalue weighted by Crippen LogP contribution is 2.30. The summed E-state index contributed by atoms with van der Waals surface area (Å²) in [7, 11) is 0. The molecule has 0 N–H and O–H groups in total. The van der Waals surface area contributed by atoms with Gasteiger partial charge in [-0.2, -0.15) is 4.98 Å². The van der Waals surface area contributed by atoms with Gasteiger partial charge in [-0.15, -0.1) is 0 Å². The first kappa shape index (κ1) is 15.5. The van der Waals surface area contributed by atoms with E-state index in [-0.39, 0.29) is 0 Å². The van der Waals surface area contributed by atoms with Gasteiger partial charge < -0.3 is 4.74 Å². The lowest BCUT2D eigenvalue weighted by molar-refractivity contribution is 0.185. The van der Waals surface area contributed by atoms with Gasteiger partial charge >= 0.3 is 0 Å². The van der Waals surface area contributed by atoms with Crippen molar-refractivity contribution in [2.45, 2.75) is 26.3 Å². The van der Waals surface area contributed by atoms with E-state index in [0.29, 0.717) is 5.19 Å². The van der Waals surface area contributed by atoms with Crippen LogP contribution in [0.1, 0.15) is 25.3 Å². The largest absolute Gasteiger partial charge is 0.431 e. The molecule has 1 aliphatic heterocycles. The first-order valence-corrected chi connectivity index (χ1v) is 9.28. The molecule has 0 saturated carbocycles. The molecule has 4 nitrogen and oxygen atoms in total. The molecule has 124 valence electrons. The Labute approximate surface area is 146 Å². The Kier molecular flexibility index (Phi) is 4.45. The first-order chi connectivity index (χ1) is 11.8. The summed E-state index contributed by atoms with van der Waals surface area (Å²) in [5.41, 5.74) is 2.08. The minimum atomic E-state index is 0.640. The summed E-state index contributed by atoms with van der Waals surface area (Å²) in [6.45, 7) is 5.79. The van der Waals surface area contributed by atoms with Gasteiger partial charge in [-0.25, -0.2) is 4.98 Å². The van der Waals surface area contributed by atoms with E-state index in [1.807, 2.05) is 24.3 Å². The lowest BCUT2D eigenvalue weighted by Gasteiger charge is -2.30. The number of nitrogens with zero attached hydrogens (tertiary/aromatic N) is 3. The molecular weight excluding hydrogens is 318 g/mol. The average Bonchev–Trinajstić information content (AvgIpc) is 3.01. The van der Waals surface area contributed by atoms with E-state index in [4.69, 9.17) is 4.74 Å². The minimum absolute atomic E-state index is 0.640. The fraction of sp³-hybridized carbons (Fsp3) is 0.368. The second kappa shape index (κ2) is 6.87. The highest BCUT2D eigenvalue weighted by Gasteiger charge is 2.15. The molecule has 0 bridgehead atoms. The highest BCUT2D eigenvalue weighted by atomic mass is 32.1. The van der Waals surface area contributed by atoms with E-state index in [1.165, 1.54) is 42.8 Å². The summed E-state index contributed by atoms with van der Waals surface area (Å²) in [6.07, 6.45) is 4.38. The van der Waals surface area contributed by atoms with Gasteiger partial charge in [0.25, 0.3) is 5.19 Å². The van der Waals surface area contributed by atoms with Crippen molar-refractivity contribution in [2.75, 3.05) is 13.1 Å². The number of likely N-dealkylation sites (tertiary alicyclic amines) is 1. The minimum Gasteiger partial charge on any atom is -0.431 e. The molecule has 2 aromatic heterocycles. The Morgan fingerprint density at radius 2 is 1.96 bits per heavy atom. The molecule has 5 heteroatoms. The van der Waals surface area contributed by atoms with Gasteiger partial charge in [0.05, 0.1) is 4.70 Å². The van der Waals surface area contributed by atoms with Crippen LogP contribution in [0, 0.1) is 5.92 Å². The number of benzene rings is 1. The molecule has 0 unspecified atom stereocenters. The van der Waals surface area contributed by atoms with Crippen LogP contribution in [0.3, 0.4) is 0 Å². The molecule has 4 rings (SSSR count). The second-order valence-electron chi connectivity index (χ2n) is 6.51. The van der Waals surface area contributed by atoms with Gasteiger partial charge in [0.2, 0.25) is 0 Å². The molecule has 0 radical (unpaired) electrons. The molecule has 24 heavy (non-hydrogen) atoms. The van der Waals surface area contributed by atoms with Crippen molar-refractivity contribution in [3.05, 3.63) is 48.2 Å². The third-order valence-corrected chi connectivity index (χ3v) is 5.44. The summed E-state index contributed by atoms with van der Waals surface area (Å²) in [6, 6.07) is 12.3. The van der Waals surface area contributed by atoms with Gasteiger partial charge in [0.1, 0.15) is 5.75 Å². The molecule has 0 spiro atoms. The summed E-state index contributed by atoms with van der Waals surface area (Å²) in [5, 5.41) is 0.640. The van der Waals surface area contributed by atoms with E-state index in [1.54, 1.807) is 6.20 Å². The molecule has 0 amide bonds. The maximum atomic E-state index is 5.88. The number of piperidine rings is 1. The fourth-order valence-electron chi connectivity index (χ4n) is 3.03. The Morgan fingerprint density at radius 3 is 2.71 bits per heavy atom. The number of rotatable bonds is 4. The van der Waals surface area contributed by atoms with E-state index in [2.05, 4.69) is 33.9 Å². The summed E-state index contributed by atoms with van der Waals surface area (Å²) >= 11 is 1.52. The second-order valence-corrected chi connectivity index (χ2v) is 7.50. The summed E-state index contributed by atoms with van der Waals surface area (Å²) < 4.78 is 6.92. The Bertz CT molecular complexity index is 774. The summed E-state index contributed by atoms with van der Waals surface area (Å²) in [4.78, 5) is 11.2. The lowest BCUT2D eigenvalue weighted by Crippen LogP contribution is -2.32. The average molecular weight is 339 g/mol. The topological polar surface area (TPSA) is 38.2 Å². The number of hydrogen-bond donors (Lipinski definition) is 0. The number of pyridine rings is 1. The maximum Gasteiger partial charge on any atom is 0.281 e. The Balaban J connectivity index is 1.40. The molecule has 1 aliphatic rings. The number of ether oxygens (including phenoxy) is 1. The normalized spacial score (nSPS) is 16.5. The number of aromatic nitrogens is 2. The van der Waals surface area contributed by atoms with Crippen LogP contribution in [0.25, 0.3) is 10.3 Å². The molecule has 3 aromatic rings. The van der Waals surface area contributed by atoms with Crippen molar-refractivity contribution in [2.24, 2.45) is 5.92 Å².